The van der Waals surface area contributed by atoms with Crippen molar-refractivity contribution in [2.45, 2.75) is 6.92 Å². The first-order valence-corrected chi connectivity index (χ1v) is 5.20. The molecule has 0 radical (unpaired) electrons. The Morgan fingerprint density at radius 3 is 2.61 bits per heavy atom. The first-order valence-electron chi connectivity index (χ1n) is 5.20. The molecular formula is C12H11N3O3. The summed E-state index contributed by atoms with van der Waals surface area (Å²) in [7, 11) is 0. The minimum absolute atomic E-state index is 0.0181. The summed E-state index contributed by atoms with van der Waals surface area (Å²) < 4.78 is 5.41. The largest absolute Gasteiger partial charge is 0.439 e. The number of nitrogen functional groups attached to an aromatic ring is 1. The maximum Gasteiger partial charge on any atom is 0.279 e. The van der Waals surface area contributed by atoms with Crippen LogP contribution in [0.4, 0.5) is 11.4 Å². The lowest BCUT2D eigenvalue weighted by atomic mass is 10.2. The number of pyridine rings is 1. The van der Waals surface area contributed by atoms with Gasteiger partial charge in [-0.15, -0.1) is 0 Å². The molecule has 0 fully saturated rings. The summed E-state index contributed by atoms with van der Waals surface area (Å²) >= 11 is 0. The summed E-state index contributed by atoms with van der Waals surface area (Å²) in [6, 6.07) is 7.99. The van der Waals surface area contributed by atoms with Crippen LogP contribution in [0.3, 0.4) is 0 Å². The number of hydrogen-bond acceptors (Lipinski definition) is 5. The minimum Gasteiger partial charge on any atom is -0.439 e. The van der Waals surface area contributed by atoms with E-state index in [-0.39, 0.29) is 11.6 Å². The van der Waals surface area contributed by atoms with Gasteiger partial charge in [-0.1, -0.05) is 0 Å². The second kappa shape index (κ2) is 4.70. The number of nitrogens with two attached hydrogens (primary N) is 1. The highest BCUT2D eigenvalue weighted by molar-refractivity contribution is 5.44. The van der Waals surface area contributed by atoms with Gasteiger partial charge in [0.15, 0.2) is 0 Å². The van der Waals surface area contributed by atoms with Crippen LogP contribution in [0.15, 0.2) is 36.5 Å². The van der Waals surface area contributed by atoms with Gasteiger partial charge >= 0.3 is 0 Å². The van der Waals surface area contributed by atoms with Gasteiger partial charge in [0.1, 0.15) is 5.75 Å². The van der Waals surface area contributed by atoms with Gasteiger partial charge in [0.05, 0.1) is 11.0 Å². The van der Waals surface area contributed by atoms with Gasteiger partial charge in [-0.05, 0) is 31.2 Å². The van der Waals surface area contributed by atoms with Gasteiger partial charge in [0, 0.05) is 17.4 Å². The summed E-state index contributed by atoms with van der Waals surface area (Å²) in [6.07, 6.45) is 1.41. The topological polar surface area (TPSA) is 91.3 Å². The highest BCUT2D eigenvalue weighted by Crippen LogP contribution is 2.25. The van der Waals surface area contributed by atoms with Crippen molar-refractivity contribution in [2.24, 2.45) is 0 Å². The highest BCUT2D eigenvalue weighted by atomic mass is 16.6. The maximum atomic E-state index is 10.8. The molecule has 0 aliphatic heterocycles. The molecule has 2 N–H and O–H groups in total. The van der Waals surface area contributed by atoms with Gasteiger partial charge in [-0.2, -0.15) is 0 Å². The Bertz CT molecular complexity index is 582. The normalized spacial score (nSPS) is 10.1. The molecule has 0 saturated heterocycles. The third-order valence-corrected chi connectivity index (χ3v) is 2.35. The van der Waals surface area contributed by atoms with E-state index in [0.29, 0.717) is 17.0 Å². The molecule has 92 valence electrons. The van der Waals surface area contributed by atoms with E-state index in [9.17, 15) is 10.1 Å². The van der Waals surface area contributed by atoms with Crippen molar-refractivity contribution in [3.63, 3.8) is 0 Å². The first-order chi connectivity index (χ1) is 8.56. The molecule has 6 nitrogen and oxygen atoms in total. The molecule has 0 bridgehead atoms. The SMILES string of the molecule is Cc1cnc(Oc2ccc(N)cc2)cc1[N+](=O)[O-]. The quantitative estimate of drug-likeness (QED) is 0.510. The number of nitrogens with zero attached hydrogens (tertiary/aromatic N) is 2. The monoisotopic (exact) mass is 245 g/mol. The summed E-state index contributed by atoms with van der Waals surface area (Å²) in [5.41, 5.74) is 6.63. The molecule has 1 aromatic heterocycles. The van der Waals surface area contributed by atoms with Crippen LogP contribution in [-0.2, 0) is 0 Å². The van der Waals surface area contributed by atoms with E-state index in [1.165, 1.54) is 12.3 Å². The average molecular weight is 245 g/mol. The third-order valence-electron chi connectivity index (χ3n) is 2.35. The standard InChI is InChI=1S/C12H11N3O3/c1-8-7-14-12(6-11(8)15(16)17)18-10-4-2-9(13)3-5-10/h2-7H,13H2,1H3. The van der Waals surface area contributed by atoms with Crippen LogP contribution in [-0.4, -0.2) is 9.91 Å². The molecule has 0 saturated carbocycles. The van der Waals surface area contributed by atoms with Crippen molar-refractivity contribution in [1.29, 1.82) is 0 Å². The van der Waals surface area contributed by atoms with Crippen molar-refractivity contribution in [3.8, 4) is 11.6 Å². The lowest BCUT2D eigenvalue weighted by Crippen LogP contribution is -1.95. The highest BCUT2D eigenvalue weighted by Gasteiger charge is 2.13. The van der Waals surface area contributed by atoms with E-state index in [4.69, 9.17) is 10.5 Å². The fraction of sp³-hybridized carbons (Fsp3) is 0.0833. The summed E-state index contributed by atoms with van der Waals surface area (Å²) in [4.78, 5) is 14.3. The van der Waals surface area contributed by atoms with E-state index in [1.54, 1.807) is 31.2 Å². The number of nitro groups is 1. The van der Waals surface area contributed by atoms with E-state index in [1.807, 2.05) is 0 Å². The van der Waals surface area contributed by atoms with Crippen LogP contribution in [0.1, 0.15) is 5.56 Å². The summed E-state index contributed by atoms with van der Waals surface area (Å²) in [5, 5.41) is 10.8. The molecule has 0 aliphatic carbocycles. The molecule has 1 aromatic carbocycles. The smallest absolute Gasteiger partial charge is 0.279 e. The van der Waals surface area contributed by atoms with Crippen molar-refractivity contribution in [3.05, 3.63) is 52.2 Å². The molecule has 2 rings (SSSR count). The number of anilines is 1. The van der Waals surface area contributed by atoms with Gasteiger partial charge < -0.3 is 10.5 Å². The molecule has 1 heterocycles. The Morgan fingerprint density at radius 1 is 1.33 bits per heavy atom. The molecule has 0 atom stereocenters. The Kier molecular flexibility index (Phi) is 3.09. The van der Waals surface area contributed by atoms with Crippen LogP contribution in [0.5, 0.6) is 11.6 Å². The molecule has 0 unspecified atom stereocenters. The lowest BCUT2D eigenvalue weighted by molar-refractivity contribution is -0.385. The number of rotatable bonds is 3. The molecule has 2 aromatic rings. The molecule has 6 heteroatoms. The fourth-order valence-corrected chi connectivity index (χ4v) is 1.40. The van der Waals surface area contributed by atoms with Gasteiger partial charge in [-0.25, -0.2) is 4.98 Å². The summed E-state index contributed by atoms with van der Waals surface area (Å²) in [5.74, 6) is 0.701. The minimum atomic E-state index is -0.465. The Labute approximate surface area is 103 Å². The van der Waals surface area contributed by atoms with Crippen LogP contribution in [0, 0.1) is 17.0 Å². The molecule has 18 heavy (non-hydrogen) atoms. The van der Waals surface area contributed by atoms with E-state index in [2.05, 4.69) is 4.98 Å². The van der Waals surface area contributed by atoms with Gasteiger partial charge in [0.25, 0.3) is 5.69 Å². The Morgan fingerprint density at radius 2 is 2.00 bits per heavy atom. The fourth-order valence-electron chi connectivity index (χ4n) is 1.40. The number of benzene rings is 1. The van der Waals surface area contributed by atoms with Crippen molar-refractivity contribution in [2.75, 3.05) is 5.73 Å². The zero-order chi connectivity index (χ0) is 13.1. The second-order valence-electron chi connectivity index (χ2n) is 3.74. The number of aromatic nitrogens is 1. The molecule has 0 amide bonds. The number of hydrogen-bond donors (Lipinski definition) is 1. The zero-order valence-electron chi connectivity index (χ0n) is 9.66. The number of aryl methyl sites for hydroxylation is 1. The third kappa shape index (κ3) is 2.54. The van der Waals surface area contributed by atoms with Crippen LogP contribution in [0.2, 0.25) is 0 Å². The van der Waals surface area contributed by atoms with Crippen LogP contribution < -0.4 is 10.5 Å². The molecule has 0 spiro atoms. The van der Waals surface area contributed by atoms with Crippen LogP contribution >= 0.6 is 0 Å². The predicted molar refractivity (Wildman–Crippen MR) is 66.6 cm³/mol. The van der Waals surface area contributed by atoms with Gasteiger partial charge in [0.2, 0.25) is 5.88 Å². The first kappa shape index (κ1) is 11.8. The lowest BCUT2D eigenvalue weighted by Gasteiger charge is -2.05. The van der Waals surface area contributed by atoms with E-state index < -0.39 is 4.92 Å². The van der Waals surface area contributed by atoms with E-state index >= 15 is 0 Å². The predicted octanol–water partition coefficient (Wildman–Crippen LogP) is 2.67. The Hall–Kier alpha value is -2.63. The van der Waals surface area contributed by atoms with Crippen molar-refractivity contribution in [1.82, 2.24) is 4.98 Å². The van der Waals surface area contributed by atoms with Crippen LogP contribution in [0.25, 0.3) is 0 Å². The Balaban J connectivity index is 2.27. The maximum absolute atomic E-state index is 10.8. The zero-order valence-corrected chi connectivity index (χ0v) is 9.66. The van der Waals surface area contributed by atoms with Crippen molar-refractivity contribution >= 4 is 11.4 Å². The molecule has 0 aliphatic rings. The van der Waals surface area contributed by atoms with Crippen molar-refractivity contribution < 1.29 is 9.66 Å². The summed E-state index contributed by atoms with van der Waals surface area (Å²) in [6.45, 7) is 1.62. The second-order valence-corrected chi connectivity index (χ2v) is 3.74. The molecular weight excluding hydrogens is 234 g/mol. The number of ether oxygens (including phenoxy) is 1. The van der Waals surface area contributed by atoms with Gasteiger partial charge in [-0.3, -0.25) is 10.1 Å². The average Bonchev–Trinajstić information content (AvgIpc) is 2.34. The van der Waals surface area contributed by atoms with E-state index in [0.717, 1.165) is 0 Å².